The van der Waals surface area contributed by atoms with E-state index >= 15 is 0 Å². The molecule has 86 valence electrons. The van der Waals surface area contributed by atoms with E-state index < -0.39 is 0 Å². The zero-order valence-electron chi connectivity index (χ0n) is 9.41. The van der Waals surface area contributed by atoms with E-state index in [1.54, 1.807) is 25.3 Å². The molecule has 0 aromatic heterocycles. The number of allylic oxidation sites excluding steroid dienone is 3. The highest BCUT2D eigenvalue weighted by atomic mass is 16.5. The van der Waals surface area contributed by atoms with Crippen molar-refractivity contribution in [3.8, 4) is 0 Å². The molecule has 0 aromatic carbocycles. The Bertz CT molecular complexity index is 197. The van der Waals surface area contributed by atoms with Crippen molar-refractivity contribution < 1.29 is 14.2 Å². The highest BCUT2D eigenvalue weighted by Gasteiger charge is 1.91. The molecule has 0 aliphatic rings. The Labute approximate surface area is 92.0 Å². The molecule has 0 heterocycles. The molecule has 0 rings (SSSR count). The molecule has 0 bridgehead atoms. The Kier molecular flexibility index (Phi) is 10.2. The van der Waals surface area contributed by atoms with Crippen LogP contribution < -0.4 is 0 Å². The Morgan fingerprint density at radius 2 is 2.00 bits per heavy atom. The van der Waals surface area contributed by atoms with Crippen molar-refractivity contribution in [3.63, 3.8) is 0 Å². The van der Waals surface area contributed by atoms with Gasteiger partial charge in [0, 0.05) is 20.1 Å². The van der Waals surface area contributed by atoms with Crippen molar-refractivity contribution in [2.45, 2.75) is 6.42 Å². The fourth-order valence-electron chi connectivity index (χ4n) is 0.832. The summed E-state index contributed by atoms with van der Waals surface area (Å²) in [4.78, 5) is 0. The second-order valence-corrected chi connectivity index (χ2v) is 2.87. The van der Waals surface area contributed by atoms with Gasteiger partial charge < -0.3 is 14.2 Å². The topological polar surface area (TPSA) is 27.7 Å². The van der Waals surface area contributed by atoms with Crippen molar-refractivity contribution >= 4 is 0 Å². The molecule has 0 atom stereocenters. The lowest BCUT2D eigenvalue weighted by molar-refractivity contribution is 0.0606. The standard InChI is InChI=1S/C12H20O3/c1-4-5-7-12(2)15-9-6-8-14-11-10-13-3/h4-5,7H,1-2,6,8-11H2,3H3/b7-5-. The highest BCUT2D eigenvalue weighted by molar-refractivity contribution is 5.12. The Morgan fingerprint density at radius 1 is 1.20 bits per heavy atom. The molecule has 0 N–H and O–H groups in total. The lowest BCUT2D eigenvalue weighted by atomic mass is 10.4. The molecule has 0 saturated carbocycles. The normalized spacial score (nSPS) is 10.5. The van der Waals surface area contributed by atoms with E-state index in [0.717, 1.165) is 6.42 Å². The van der Waals surface area contributed by atoms with E-state index in [-0.39, 0.29) is 0 Å². The minimum atomic E-state index is 0.618. The summed E-state index contributed by atoms with van der Waals surface area (Å²) < 4.78 is 15.4. The van der Waals surface area contributed by atoms with Crippen LogP contribution in [-0.4, -0.2) is 33.5 Å². The van der Waals surface area contributed by atoms with Crippen LogP contribution in [0.15, 0.2) is 37.1 Å². The van der Waals surface area contributed by atoms with Crippen LogP contribution in [0.25, 0.3) is 0 Å². The van der Waals surface area contributed by atoms with Gasteiger partial charge in [-0.15, -0.1) is 0 Å². The summed E-state index contributed by atoms with van der Waals surface area (Å²) in [6, 6.07) is 0. The van der Waals surface area contributed by atoms with Crippen molar-refractivity contribution in [3.05, 3.63) is 37.1 Å². The molecule has 0 aliphatic carbocycles. The second-order valence-electron chi connectivity index (χ2n) is 2.87. The summed E-state index contributed by atoms with van der Waals surface area (Å²) in [6.07, 6.45) is 6.10. The molecule has 0 unspecified atom stereocenters. The van der Waals surface area contributed by atoms with Crippen LogP contribution in [0.2, 0.25) is 0 Å². The molecule has 0 aliphatic heterocycles. The molecule has 0 radical (unpaired) electrons. The fraction of sp³-hybridized carbons (Fsp3) is 0.500. The lowest BCUT2D eigenvalue weighted by Gasteiger charge is -2.06. The number of rotatable bonds is 10. The first-order valence-corrected chi connectivity index (χ1v) is 4.98. The number of ether oxygens (including phenoxy) is 3. The Morgan fingerprint density at radius 3 is 2.67 bits per heavy atom. The summed E-state index contributed by atoms with van der Waals surface area (Å²) in [5.74, 6) is 0.645. The van der Waals surface area contributed by atoms with Gasteiger partial charge in [0.05, 0.1) is 19.8 Å². The van der Waals surface area contributed by atoms with Crippen LogP contribution in [0.3, 0.4) is 0 Å². The molecule has 15 heavy (non-hydrogen) atoms. The molecule has 0 aromatic rings. The molecule has 0 fully saturated rings. The molecular weight excluding hydrogens is 192 g/mol. The van der Waals surface area contributed by atoms with Crippen LogP contribution in [0.4, 0.5) is 0 Å². The van der Waals surface area contributed by atoms with Crippen LogP contribution in [0.5, 0.6) is 0 Å². The number of hydrogen-bond donors (Lipinski definition) is 0. The Hall–Kier alpha value is -1.06. The van der Waals surface area contributed by atoms with Gasteiger partial charge >= 0.3 is 0 Å². The zero-order valence-corrected chi connectivity index (χ0v) is 9.41. The molecular formula is C12H20O3. The summed E-state index contributed by atoms with van der Waals surface area (Å²) in [7, 11) is 1.66. The highest BCUT2D eigenvalue weighted by Crippen LogP contribution is 1.97. The molecule has 0 saturated heterocycles. The van der Waals surface area contributed by atoms with Gasteiger partial charge in [0.25, 0.3) is 0 Å². The summed E-state index contributed by atoms with van der Waals surface area (Å²) in [6.45, 7) is 9.85. The summed E-state index contributed by atoms with van der Waals surface area (Å²) in [5.41, 5.74) is 0. The van der Waals surface area contributed by atoms with Crippen LogP contribution in [0, 0.1) is 0 Å². The fourth-order valence-corrected chi connectivity index (χ4v) is 0.832. The average Bonchev–Trinajstić information content (AvgIpc) is 2.25. The first-order valence-electron chi connectivity index (χ1n) is 4.98. The second kappa shape index (κ2) is 11.0. The molecule has 3 heteroatoms. The van der Waals surface area contributed by atoms with Gasteiger partial charge in [0.1, 0.15) is 5.76 Å². The lowest BCUT2D eigenvalue weighted by Crippen LogP contribution is -2.05. The predicted molar refractivity (Wildman–Crippen MR) is 61.7 cm³/mol. The maximum absolute atomic E-state index is 5.31. The van der Waals surface area contributed by atoms with E-state index in [1.165, 1.54) is 0 Å². The van der Waals surface area contributed by atoms with Crippen LogP contribution in [0.1, 0.15) is 6.42 Å². The van der Waals surface area contributed by atoms with Gasteiger partial charge in [-0.1, -0.05) is 25.3 Å². The third-order valence-corrected chi connectivity index (χ3v) is 1.57. The van der Waals surface area contributed by atoms with Gasteiger partial charge in [-0.2, -0.15) is 0 Å². The molecule has 3 nitrogen and oxygen atoms in total. The van der Waals surface area contributed by atoms with Crippen molar-refractivity contribution in [2.24, 2.45) is 0 Å². The van der Waals surface area contributed by atoms with Crippen LogP contribution >= 0.6 is 0 Å². The maximum Gasteiger partial charge on any atom is 0.112 e. The first kappa shape index (κ1) is 13.9. The molecule has 0 amide bonds. The van der Waals surface area contributed by atoms with Crippen LogP contribution in [-0.2, 0) is 14.2 Å². The monoisotopic (exact) mass is 212 g/mol. The Balaban J connectivity index is 3.20. The van der Waals surface area contributed by atoms with E-state index in [0.29, 0.717) is 32.2 Å². The minimum Gasteiger partial charge on any atom is -0.494 e. The summed E-state index contributed by atoms with van der Waals surface area (Å²) in [5, 5.41) is 0. The van der Waals surface area contributed by atoms with Gasteiger partial charge in [0.15, 0.2) is 0 Å². The quantitative estimate of drug-likeness (QED) is 0.316. The maximum atomic E-state index is 5.31. The van der Waals surface area contributed by atoms with Gasteiger partial charge in [0.2, 0.25) is 0 Å². The predicted octanol–water partition coefficient (Wildman–Crippen LogP) is 2.31. The number of methoxy groups -OCH3 is 1. The summed E-state index contributed by atoms with van der Waals surface area (Å²) >= 11 is 0. The van der Waals surface area contributed by atoms with E-state index in [1.807, 2.05) is 0 Å². The van der Waals surface area contributed by atoms with Gasteiger partial charge in [-0.3, -0.25) is 0 Å². The first-order chi connectivity index (χ1) is 7.31. The van der Waals surface area contributed by atoms with E-state index in [4.69, 9.17) is 14.2 Å². The largest absolute Gasteiger partial charge is 0.494 e. The third-order valence-electron chi connectivity index (χ3n) is 1.57. The van der Waals surface area contributed by atoms with Crippen molar-refractivity contribution in [1.29, 1.82) is 0 Å². The SMILES string of the molecule is C=C/C=C\C(=C)OCCCOCCOC. The van der Waals surface area contributed by atoms with E-state index in [9.17, 15) is 0 Å². The zero-order chi connectivity index (χ0) is 11.4. The van der Waals surface area contributed by atoms with Crippen molar-refractivity contribution in [1.82, 2.24) is 0 Å². The molecule has 0 spiro atoms. The van der Waals surface area contributed by atoms with Gasteiger partial charge in [-0.05, 0) is 6.08 Å². The number of hydrogen-bond acceptors (Lipinski definition) is 3. The van der Waals surface area contributed by atoms with Crippen molar-refractivity contribution in [2.75, 3.05) is 33.5 Å². The van der Waals surface area contributed by atoms with E-state index in [2.05, 4.69) is 13.2 Å². The third kappa shape index (κ3) is 10.9. The smallest absolute Gasteiger partial charge is 0.112 e. The van der Waals surface area contributed by atoms with Gasteiger partial charge in [-0.25, -0.2) is 0 Å². The minimum absolute atomic E-state index is 0.618. The average molecular weight is 212 g/mol.